The Kier molecular flexibility index (Phi) is 5.65. The number of halogens is 1. The molecule has 0 saturated heterocycles. The minimum absolute atomic E-state index is 0.0200. The first-order valence-electron chi connectivity index (χ1n) is 9.89. The van der Waals surface area contributed by atoms with Gasteiger partial charge in [-0.3, -0.25) is 4.79 Å². The third-order valence-corrected chi connectivity index (χ3v) is 5.48. The van der Waals surface area contributed by atoms with E-state index < -0.39 is 5.97 Å². The van der Waals surface area contributed by atoms with E-state index in [9.17, 15) is 14.7 Å². The number of pyridine rings is 1. The second-order valence-corrected chi connectivity index (χ2v) is 7.96. The first-order chi connectivity index (χ1) is 14.8. The molecule has 1 aliphatic heterocycles. The van der Waals surface area contributed by atoms with Gasteiger partial charge in [0.05, 0.1) is 23.7 Å². The van der Waals surface area contributed by atoms with Crippen molar-refractivity contribution in [1.29, 1.82) is 0 Å². The summed E-state index contributed by atoms with van der Waals surface area (Å²) in [5, 5.41) is 12.8. The zero-order valence-corrected chi connectivity index (χ0v) is 17.8. The average Bonchev–Trinajstić information content (AvgIpc) is 2.75. The molecular formula is C24H21ClN2O4. The highest BCUT2D eigenvalue weighted by Gasteiger charge is 2.31. The Bertz CT molecular complexity index is 1160. The molecular weight excluding hydrogens is 416 g/mol. The fourth-order valence-corrected chi connectivity index (χ4v) is 3.95. The van der Waals surface area contributed by atoms with Crippen LogP contribution in [0, 0.1) is 6.92 Å². The number of carboxylic acid groups (broad SMARTS) is 1. The molecule has 0 amide bonds. The number of anilines is 1. The van der Waals surface area contributed by atoms with E-state index >= 15 is 0 Å². The number of aromatic nitrogens is 1. The van der Waals surface area contributed by atoms with Crippen LogP contribution in [-0.4, -0.2) is 21.8 Å². The minimum Gasteiger partial charge on any atom is -0.484 e. The molecule has 2 aromatic carbocycles. The molecule has 1 aromatic heterocycles. The van der Waals surface area contributed by atoms with Gasteiger partial charge in [-0.1, -0.05) is 48.0 Å². The number of carbonyl (C=O) groups excluding carboxylic acids is 1. The molecule has 6 nitrogen and oxygen atoms in total. The fraction of sp³-hybridized carbons (Fsp3) is 0.208. The number of aromatic carboxylic acids is 1. The van der Waals surface area contributed by atoms with Crippen LogP contribution in [0.1, 0.15) is 63.0 Å². The smallest absolute Gasteiger partial charge is 0.356 e. The van der Waals surface area contributed by atoms with Gasteiger partial charge in [-0.2, -0.15) is 0 Å². The number of benzene rings is 2. The minimum atomic E-state index is -1.18. The highest BCUT2D eigenvalue weighted by molar-refractivity contribution is 6.29. The molecule has 3 aromatic rings. The van der Waals surface area contributed by atoms with E-state index in [1.807, 2.05) is 56.3 Å². The quantitative estimate of drug-likeness (QED) is 0.504. The lowest BCUT2D eigenvalue weighted by atomic mass is 9.91. The third-order valence-electron chi connectivity index (χ3n) is 5.27. The lowest BCUT2D eigenvalue weighted by Crippen LogP contribution is -2.23. The first kappa shape index (κ1) is 20.9. The van der Waals surface area contributed by atoms with E-state index in [0.717, 1.165) is 16.7 Å². The summed E-state index contributed by atoms with van der Waals surface area (Å²) in [7, 11) is 0. The van der Waals surface area contributed by atoms with Crippen molar-refractivity contribution in [1.82, 2.24) is 4.98 Å². The van der Waals surface area contributed by atoms with Crippen LogP contribution in [-0.2, 0) is 0 Å². The highest BCUT2D eigenvalue weighted by Crippen LogP contribution is 2.41. The van der Waals surface area contributed by atoms with Gasteiger partial charge in [-0.25, -0.2) is 9.78 Å². The summed E-state index contributed by atoms with van der Waals surface area (Å²) in [4.78, 5) is 28.4. The molecule has 0 saturated carbocycles. The van der Waals surface area contributed by atoms with Crippen LogP contribution in [0.15, 0.2) is 54.6 Å². The molecule has 0 radical (unpaired) electrons. The molecule has 31 heavy (non-hydrogen) atoms. The number of hydrogen-bond donors (Lipinski definition) is 2. The zero-order chi connectivity index (χ0) is 22.1. The second-order valence-electron chi connectivity index (χ2n) is 7.58. The molecule has 0 spiro atoms. The van der Waals surface area contributed by atoms with Gasteiger partial charge in [0.15, 0.2) is 11.5 Å². The Morgan fingerprint density at radius 2 is 1.97 bits per heavy atom. The van der Waals surface area contributed by atoms with Crippen molar-refractivity contribution in [2.24, 2.45) is 0 Å². The van der Waals surface area contributed by atoms with Gasteiger partial charge in [0.25, 0.3) is 0 Å². The van der Waals surface area contributed by atoms with Crippen molar-refractivity contribution in [3.05, 3.63) is 87.7 Å². The number of ether oxygens (including phenoxy) is 1. The van der Waals surface area contributed by atoms with Gasteiger partial charge in [-0.05, 0) is 43.2 Å². The van der Waals surface area contributed by atoms with Crippen LogP contribution in [0.3, 0.4) is 0 Å². The molecule has 1 unspecified atom stereocenters. The summed E-state index contributed by atoms with van der Waals surface area (Å²) in [6, 6.07) is 16.2. The van der Waals surface area contributed by atoms with Crippen LogP contribution < -0.4 is 10.1 Å². The molecule has 2 heterocycles. The largest absolute Gasteiger partial charge is 0.484 e. The molecule has 4 rings (SSSR count). The number of ketones is 1. The lowest BCUT2D eigenvalue weighted by Gasteiger charge is -2.30. The fourth-order valence-electron chi connectivity index (χ4n) is 3.80. The lowest BCUT2D eigenvalue weighted by molar-refractivity contribution is 0.0691. The summed E-state index contributed by atoms with van der Waals surface area (Å²) < 4.78 is 6.32. The normalized spacial score (nSPS) is 16.2. The summed E-state index contributed by atoms with van der Waals surface area (Å²) in [6.45, 7) is 3.80. The number of nitrogens with one attached hydrogen (secondary N) is 1. The highest BCUT2D eigenvalue weighted by atomic mass is 35.5. The Hall–Kier alpha value is -3.38. The molecule has 7 heteroatoms. The van der Waals surface area contributed by atoms with Crippen molar-refractivity contribution < 1.29 is 19.4 Å². The maximum atomic E-state index is 12.9. The maximum Gasteiger partial charge on any atom is 0.356 e. The zero-order valence-electron chi connectivity index (χ0n) is 17.1. The number of aryl methyl sites for hydroxylation is 1. The van der Waals surface area contributed by atoms with Gasteiger partial charge in [0, 0.05) is 5.56 Å². The number of fused-ring (bicyclic) bond motifs is 1. The number of rotatable bonds is 5. The number of nitrogens with zero attached hydrogens (tertiary/aromatic N) is 1. The van der Waals surface area contributed by atoms with E-state index in [-0.39, 0.29) is 35.2 Å². The van der Waals surface area contributed by atoms with Gasteiger partial charge >= 0.3 is 5.97 Å². The van der Waals surface area contributed by atoms with Gasteiger partial charge in [0.2, 0.25) is 0 Å². The van der Waals surface area contributed by atoms with Crippen LogP contribution >= 0.6 is 11.6 Å². The number of carboxylic acids is 1. The van der Waals surface area contributed by atoms with Crippen LogP contribution in [0.25, 0.3) is 0 Å². The summed E-state index contributed by atoms with van der Waals surface area (Å²) in [6.07, 6.45) is -0.104. The average molecular weight is 437 g/mol. The molecule has 0 bridgehead atoms. The Morgan fingerprint density at radius 1 is 1.23 bits per heavy atom. The summed E-state index contributed by atoms with van der Waals surface area (Å²) >= 11 is 5.86. The Balaban J connectivity index is 1.72. The van der Waals surface area contributed by atoms with E-state index in [2.05, 4.69) is 10.3 Å². The number of hydrogen-bond acceptors (Lipinski definition) is 5. The van der Waals surface area contributed by atoms with E-state index in [1.165, 1.54) is 6.07 Å². The van der Waals surface area contributed by atoms with E-state index in [4.69, 9.17) is 16.3 Å². The Labute approximate surface area is 184 Å². The van der Waals surface area contributed by atoms with Crippen molar-refractivity contribution in [2.45, 2.75) is 32.4 Å². The number of Topliss-reactive ketones (excluding diaryl/α,β-unsaturated/α-hetero) is 1. The molecule has 158 valence electrons. The summed E-state index contributed by atoms with van der Waals surface area (Å²) in [5.74, 6) is -0.639. The van der Waals surface area contributed by atoms with Crippen molar-refractivity contribution in [3.63, 3.8) is 0 Å². The van der Waals surface area contributed by atoms with Gasteiger partial charge < -0.3 is 15.2 Å². The van der Waals surface area contributed by atoms with E-state index in [1.54, 1.807) is 6.07 Å². The second kappa shape index (κ2) is 8.40. The SMILES string of the molecule is Cc1cc2c(c([C@@H](C)Nc3ccc(Cl)nc3C(=O)O)c1)OC(c1ccccc1)CC2=O. The molecule has 0 aliphatic carbocycles. The standard InChI is InChI=1S/C24H21ClN2O4/c1-13-10-16(14(2)26-18-8-9-21(25)27-22(18)24(29)30)23-17(11-13)19(28)12-20(31-23)15-6-4-3-5-7-15/h3-11,14,20,26H,12H2,1-2H3,(H,29,30)/t14-,20?/m1/s1. The van der Waals surface area contributed by atoms with Gasteiger partial charge in [0.1, 0.15) is 17.0 Å². The molecule has 1 aliphatic rings. The van der Waals surface area contributed by atoms with Crippen molar-refractivity contribution in [3.8, 4) is 5.75 Å². The van der Waals surface area contributed by atoms with Crippen LogP contribution in [0.4, 0.5) is 5.69 Å². The van der Waals surface area contributed by atoms with Crippen LogP contribution in [0.2, 0.25) is 5.15 Å². The van der Waals surface area contributed by atoms with Crippen molar-refractivity contribution >= 4 is 29.0 Å². The van der Waals surface area contributed by atoms with Gasteiger partial charge in [-0.15, -0.1) is 0 Å². The molecule has 2 atom stereocenters. The predicted octanol–water partition coefficient (Wildman–Crippen LogP) is 5.62. The third kappa shape index (κ3) is 4.25. The molecule has 2 N–H and O–H groups in total. The maximum absolute atomic E-state index is 12.9. The number of carbonyl (C=O) groups is 2. The first-order valence-corrected chi connectivity index (χ1v) is 10.3. The molecule has 0 fully saturated rings. The van der Waals surface area contributed by atoms with Crippen molar-refractivity contribution in [2.75, 3.05) is 5.32 Å². The van der Waals surface area contributed by atoms with E-state index in [0.29, 0.717) is 17.0 Å². The predicted molar refractivity (Wildman–Crippen MR) is 118 cm³/mol. The van der Waals surface area contributed by atoms with Crippen LogP contribution in [0.5, 0.6) is 5.75 Å². The Morgan fingerprint density at radius 3 is 2.68 bits per heavy atom. The summed E-state index contributed by atoms with van der Waals surface area (Å²) in [5.41, 5.74) is 3.34. The topological polar surface area (TPSA) is 88.5 Å². The monoisotopic (exact) mass is 436 g/mol.